The lowest BCUT2D eigenvalue weighted by atomic mass is 10.1. The van der Waals surface area contributed by atoms with E-state index in [1.54, 1.807) is 12.1 Å². The fourth-order valence-electron chi connectivity index (χ4n) is 1.64. The molecule has 0 bridgehead atoms. The van der Waals surface area contributed by atoms with Crippen molar-refractivity contribution in [3.63, 3.8) is 0 Å². The molecule has 0 saturated heterocycles. The molecule has 0 aliphatic heterocycles. The molecule has 0 unspecified atom stereocenters. The predicted octanol–water partition coefficient (Wildman–Crippen LogP) is 5.36. The van der Waals surface area contributed by atoms with Crippen LogP contribution in [0.2, 0.25) is 0 Å². The van der Waals surface area contributed by atoms with Crippen molar-refractivity contribution in [3.8, 4) is 0 Å². The molecule has 2 rings (SSSR count). The largest absolute Gasteiger partial charge is 0.322 e. The van der Waals surface area contributed by atoms with E-state index < -0.39 is 0 Å². The highest BCUT2D eigenvalue weighted by Crippen LogP contribution is 2.22. The minimum atomic E-state index is -0.129. The molecule has 19 heavy (non-hydrogen) atoms. The number of alkyl halides is 1. The van der Waals surface area contributed by atoms with Gasteiger partial charge >= 0.3 is 0 Å². The number of hydrogen-bond donors (Lipinski definition) is 1. The van der Waals surface area contributed by atoms with Gasteiger partial charge in [-0.15, -0.1) is 0 Å². The molecule has 0 heterocycles. The van der Waals surface area contributed by atoms with Gasteiger partial charge in [0.25, 0.3) is 5.91 Å². The fourth-order valence-corrected chi connectivity index (χ4v) is 3.42. The van der Waals surface area contributed by atoms with Crippen LogP contribution in [0, 0.1) is 0 Å². The molecule has 2 aromatic rings. The standard InChI is InChI=1S/C14H10Br3NO/c15-8-9-3-1-2-4-13(9)18-14(19)10-5-11(16)7-12(17)6-10/h1-7H,8H2,(H,18,19). The van der Waals surface area contributed by atoms with Gasteiger partial charge in [-0.05, 0) is 29.8 Å². The van der Waals surface area contributed by atoms with E-state index in [0.717, 1.165) is 20.2 Å². The Hall–Kier alpha value is -0.650. The van der Waals surface area contributed by atoms with Crippen LogP contribution in [-0.4, -0.2) is 5.91 Å². The number of carbonyl (C=O) groups is 1. The second-order valence-corrected chi connectivity index (χ2v) is 6.30. The van der Waals surface area contributed by atoms with Crippen molar-refractivity contribution in [3.05, 3.63) is 62.5 Å². The normalized spacial score (nSPS) is 10.3. The summed E-state index contributed by atoms with van der Waals surface area (Å²) in [5, 5.41) is 3.62. The van der Waals surface area contributed by atoms with E-state index >= 15 is 0 Å². The average Bonchev–Trinajstić information content (AvgIpc) is 2.38. The summed E-state index contributed by atoms with van der Waals surface area (Å²) >= 11 is 10.2. The van der Waals surface area contributed by atoms with E-state index in [1.165, 1.54) is 0 Å². The molecule has 0 fully saturated rings. The quantitative estimate of drug-likeness (QED) is 0.630. The van der Waals surface area contributed by atoms with Crippen LogP contribution in [0.4, 0.5) is 5.69 Å². The van der Waals surface area contributed by atoms with E-state index in [4.69, 9.17) is 0 Å². The van der Waals surface area contributed by atoms with Gasteiger partial charge in [0, 0.05) is 25.5 Å². The average molecular weight is 448 g/mol. The van der Waals surface area contributed by atoms with Crippen molar-refractivity contribution >= 4 is 59.4 Å². The smallest absolute Gasteiger partial charge is 0.255 e. The first-order valence-corrected chi connectivity index (χ1v) is 8.22. The lowest BCUT2D eigenvalue weighted by Crippen LogP contribution is -2.13. The molecule has 0 aromatic heterocycles. The van der Waals surface area contributed by atoms with Crippen LogP contribution >= 0.6 is 47.8 Å². The van der Waals surface area contributed by atoms with Gasteiger partial charge in [0.15, 0.2) is 0 Å². The number of benzene rings is 2. The third-order valence-electron chi connectivity index (χ3n) is 2.53. The van der Waals surface area contributed by atoms with Gasteiger partial charge in [-0.1, -0.05) is 66.0 Å². The van der Waals surface area contributed by atoms with E-state index in [2.05, 4.69) is 53.1 Å². The number of para-hydroxylation sites is 1. The topological polar surface area (TPSA) is 29.1 Å². The van der Waals surface area contributed by atoms with E-state index in [0.29, 0.717) is 10.9 Å². The van der Waals surface area contributed by atoms with Crippen molar-refractivity contribution in [2.45, 2.75) is 5.33 Å². The zero-order valence-electron chi connectivity index (χ0n) is 9.79. The predicted molar refractivity (Wildman–Crippen MR) is 88.9 cm³/mol. The molecule has 0 saturated carbocycles. The third-order valence-corrected chi connectivity index (χ3v) is 4.05. The van der Waals surface area contributed by atoms with Gasteiger partial charge in [0.1, 0.15) is 0 Å². The highest BCUT2D eigenvalue weighted by molar-refractivity contribution is 9.11. The van der Waals surface area contributed by atoms with Gasteiger partial charge in [0.2, 0.25) is 0 Å². The monoisotopic (exact) mass is 445 g/mol. The Balaban J connectivity index is 2.25. The highest BCUT2D eigenvalue weighted by atomic mass is 79.9. The van der Waals surface area contributed by atoms with Crippen molar-refractivity contribution in [2.24, 2.45) is 0 Å². The molecule has 1 N–H and O–H groups in total. The van der Waals surface area contributed by atoms with Crippen LogP contribution in [-0.2, 0) is 5.33 Å². The highest BCUT2D eigenvalue weighted by Gasteiger charge is 2.09. The van der Waals surface area contributed by atoms with E-state index in [1.807, 2.05) is 30.3 Å². The van der Waals surface area contributed by atoms with Gasteiger partial charge in [-0.25, -0.2) is 0 Å². The number of rotatable bonds is 3. The lowest BCUT2D eigenvalue weighted by Gasteiger charge is -2.09. The van der Waals surface area contributed by atoms with E-state index in [9.17, 15) is 4.79 Å². The minimum absolute atomic E-state index is 0.129. The van der Waals surface area contributed by atoms with Crippen LogP contribution in [0.3, 0.4) is 0 Å². The molecule has 0 aliphatic rings. The summed E-state index contributed by atoms with van der Waals surface area (Å²) in [7, 11) is 0. The Morgan fingerprint density at radius 2 is 1.68 bits per heavy atom. The molecule has 0 atom stereocenters. The van der Waals surface area contributed by atoms with Crippen LogP contribution in [0.1, 0.15) is 15.9 Å². The summed E-state index contributed by atoms with van der Waals surface area (Å²) < 4.78 is 1.72. The molecule has 5 heteroatoms. The summed E-state index contributed by atoms with van der Waals surface area (Å²) in [6, 6.07) is 13.2. The molecule has 2 nitrogen and oxygen atoms in total. The first kappa shape index (κ1) is 14.8. The Morgan fingerprint density at radius 3 is 2.32 bits per heavy atom. The first-order chi connectivity index (χ1) is 9.10. The SMILES string of the molecule is O=C(Nc1ccccc1CBr)c1cc(Br)cc(Br)c1. The molecule has 0 aliphatic carbocycles. The van der Waals surface area contributed by atoms with Gasteiger partial charge in [-0.3, -0.25) is 4.79 Å². The van der Waals surface area contributed by atoms with Gasteiger partial charge in [0.05, 0.1) is 0 Å². The maximum absolute atomic E-state index is 12.2. The summed E-state index contributed by atoms with van der Waals surface area (Å²) in [6.45, 7) is 0. The summed E-state index contributed by atoms with van der Waals surface area (Å²) in [5.74, 6) is -0.129. The van der Waals surface area contributed by atoms with Crippen molar-refractivity contribution in [1.82, 2.24) is 0 Å². The summed E-state index contributed by atoms with van der Waals surface area (Å²) in [4.78, 5) is 12.2. The van der Waals surface area contributed by atoms with Crippen molar-refractivity contribution in [1.29, 1.82) is 0 Å². The zero-order chi connectivity index (χ0) is 13.8. The molecule has 0 spiro atoms. The molecule has 0 radical (unpaired) electrons. The number of nitrogens with one attached hydrogen (secondary N) is 1. The second kappa shape index (κ2) is 6.68. The third kappa shape index (κ3) is 3.91. The Labute approximate surface area is 137 Å². The molecule has 98 valence electrons. The molecule has 2 aromatic carbocycles. The minimum Gasteiger partial charge on any atom is -0.322 e. The summed E-state index contributed by atoms with van der Waals surface area (Å²) in [5.41, 5.74) is 2.47. The zero-order valence-corrected chi connectivity index (χ0v) is 14.5. The molecular weight excluding hydrogens is 438 g/mol. The van der Waals surface area contributed by atoms with Crippen molar-refractivity contribution in [2.75, 3.05) is 5.32 Å². The van der Waals surface area contributed by atoms with Gasteiger partial charge < -0.3 is 5.32 Å². The van der Waals surface area contributed by atoms with Gasteiger partial charge in [-0.2, -0.15) is 0 Å². The number of hydrogen-bond acceptors (Lipinski definition) is 1. The van der Waals surface area contributed by atoms with Crippen LogP contribution in [0.15, 0.2) is 51.4 Å². The number of carbonyl (C=O) groups excluding carboxylic acids is 1. The van der Waals surface area contributed by atoms with Crippen LogP contribution in [0.25, 0.3) is 0 Å². The fraction of sp³-hybridized carbons (Fsp3) is 0.0714. The van der Waals surface area contributed by atoms with Crippen LogP contribution < -0.4 is 5.32 Å². The second-order valence-electron chi connectivity index (χ2n) is 3.90. The number of anilines is 1. The summed E-state index contributed by atoms with van der Waals surface area (Å²) in [6.07, 6.45) is 0. The Morgan fingerprint density at radius 1 is 1.05 bits per heavy atom. The van der Waals surface area contributed by atoms with E-state index in [-0.39, 0.29) is 5.91 Å². The Bertz CT molecular complexity index is 593. The number of halogens is 3. The maximum Gasteiger partial charge on any atom is 0.255 e. The lowest BCUT2D eigenvalue weighted by molar-refractivity contribution is 0.102. The number of amides is 1. The van der Waals surface area contributed by atoms with Crippen LogP contribution in [0.5, 0.6) is 0 Å². The maximum atomic E-state index is 12.2. The van der Waals surface area contributed by atoms with Crippen molar-refractivity contribution < 1.29 is 4.79 Å². The Kier molecular flexibility index (Phi) is 5.19. The molecular formula is C14H10Br3NO. The first-order valence-electron chi connectivity index (χ1n) is 5.51. The molecule has 1 amide bonds.